The molecule has 1 heterocycles. The molecule has 7 heteroatoms. The summed E-state index contributed by atoms with van der Waals surface area (Å²) in [5, 5.41) is 4.77. The first-order chi connectivity index (χ1) is 11.2. The summed E-state index contributed by atoms with van der Waals surface area (Å²) in [6, 6.07) is 7.38. The van der Waals surface area contributed by atoms with E-state index in [1.54, 1.807) is 23.1 Å². The standard InChI is InChI=1S/C17H20ClN3O2.ClH/c18-15-8-6-13(7-9-15)16(10-21-12-19-11-20-21)23-17(22)14-4-2-1-3-5-14;/h6-9,11-12,14,16H,1-5,10H2;1H. The van der Waals surface area contributed by atoms with E-state index in [4.69, 9.17) is 16.3 Å². The molecule has 5 nitrogen and oxygen atoms in total. The van der Waals surface area contributed by atoms with Gasteiger partial charge >= 0.3 is 5.97 Å². The first-order valence-corrected chi connectivity index (χ1v) is 8.38. The van der Waals surface area contributed by atoms with Gasteiger partial charge in [0.05, 0.1) is 12.5 Å². The van der Waals surface area contributed by atoms with E-state index in [2.05, 4.69) is 10.1 Å². The molecule has 0 amide bonds. The number of carbonyl (C=O) groups is 1. The van der Waals surface area contributed by atoms with Crippen LogP contribution < -0.4 is 0 Å². The van der Waals surface area contributed by atoms with Crippen LogP contribution in [-0.2, 0) is 16.1 Å². The third kappa shape index (κ3) is 4.95. The van der Waals surface area contributed by atoms with E-state index in [-0.39, 0.29) is 30.4 Å². The van der Waals surface area contributed by atoms with Gasteiger partial charge in [0.15, 0.2) is 0 Å². The molecular weight excluding hydrogens is 349 g/mol. The van der Waals surface area contributed by atoms with Crippen LogP contribution in [0.1, 0.15) is 43.8 Å². The minimum Gasteiger partial charge on any atom is -0.455 e. The zero-order valence-electron chi connectivity index (χ0n) is 13.3. The third-order valence-corrected chi connectivity index (χ3v) is 4.51. The maximum Gasteiger partial charge on any atom is 0.309 e. The number of ether oxygens (including phenoxy) is 1. The Morgan fingerprint density at radius 2 is 1.96 bits per heavy atom. The minimum atomic E-state index is -0.386. The number of esters is 1. The number of nitrogens with zero attached hydrogens (tertiary/aromatic N) is 3. The predicted octanol–water partition coefficient (Wildman–Crippen LogP) is 4.22. The normalized spacial score (nSPS) is 16.2. The summed E-state index contributed by atoms with van der Waals surface area (Å²) in [7, 11) is 0. The molecule has 0 bridgehead atoms. The van der Waals surface area contributed by atoms with Crippen molar-refractivity contribution in [3.05, 3.63) is 47.5 Å². The number of hydrogen-bond donors (Lipinski definition) is 0. The molecule has 0 saturated heterocycles. The smallest absolute Gasteiger partial charge is 0.309 e. The Labute approximate surface area is 152 Å². The predicted molar refractivity (Wildman–Crippen MR) is 94.1 cm³/mol. The summed E-state index contributed by atoms with van der Waals surface area (Å²) in [5.41, 5.74) is 0.911. The van der Waals surface area contributed by atoms with Crippen molar-refractivity contribution < 1.29 is 9.53 Å². The Morgan fingerprint density at radius 1 is 1.25 bits per heavy atom. The average molecular weight is 370 g/mol. The van der Waals surface area contributed by atoms with Crippen molar-refractivity contribution in [2.24, 2.45) is 5.92 Å². The second-order valence-electron chi connectivity index (χ2n) is 5.93. The lowest BCUT2D eigenvalue weighted by atomic mass is 9.89. The van der Waals surface area contributed by atoms with E-state index >= 15 is 0 Å². The number of carbonyl (C=O) groups excluding carboxylic acids is 1. The number of benzene rings is 1. The fourth-order valence-corrected chi connectivity index (χ4v) is 3.09. The van der Waals surface area contributed by atoms with E-state index in [0.29, 0.717) is 11.6 Å². The fraction of sp³-hybridized carbons (Fsp3) is 0.471. The van der Waals surface area contributed by atoms with Gasteiger partial charge in [-0.05, 0) is 30.5 Å². The third-order valence-electron chi connectivity index (χ3n) is 4.26. The molecule has 1 aliphatic carbocycles. The van der Waals surface area contributed by atoms with Crippen LogP contribution >= 0.6 is 24.0 Å². The van der Waals surface area contributed by atoms with Gasteiger partial charge in [0.1, 0.15) is 18.8 Å². The quantitative estimate of drug-likeness (QED) is 0.740. The maximum absolute atomic E-state index is 12.5. The minimum absolute atomic E-state index is 0. The molecular formula is C17H21Cl2N3O2. The molecule has 1 atom stereocenters. The Bertz CT molecular complexity index is 626. The molecule has 0 spiro atoms. The summed E-state index contributed by atoms with van der Waals surface area (Å²) in [5.74, 6) is -0.0842. The lowest BCUT2D eigenvalue weighted by molar-refractivity contribution is -0.156. The van der Waals surface area contributed by atoms with Gasteiger partial charge in [-0.3, -0.25) is 4.79 Å². The van der Waals surface area contributed by atoms with Crippen LogP contribution in [0.4, 0.5) is 0 Å². The average Bonchev–Trinajstić information content (AvgIpc) is 3.09. The van der Waals surface area contributed by atoms with Crippen molar-refractivity contribution in [1.29, 1.82) is 0 Å². The molecule has 2 aromatic rings. The Balaban J connectivity index is 0.00000208. The van der Waals surface area contributed by atoms with E-state index < -0.39 is 0 Å². The van der Waals surface area contributed by atoms with E-state index in [9.17, 15) is 4.79 Å². The molecule has 1 unspecified atom stereocenters. The summed E-state index contributed by atoms with van der Waals surface area (Å²) in [4.78, 5) is 16.4. The highest BCUT2D eigenvalue weighted by atomic mass is 35.5. The first-order valence-electron chi connectivity index (χ1n) is 8.01. The van der Waals surface area contributed by atoms with Crippen LogP contribution in [0, 0.1) is 5.92 Å². The van der Waals surface area contributed by atoms with Gasteiger partial charge in [0.25, 0.3) is 0 Å². The number of aromatic nitrogens is 3. The van der Waals surface area contributed by atoms with Crippen molar-refractivity contribution in [2.75, 3.05) is 0 Å². The topological polar surface area (TPSA) is 57.0 Å². The Hall–Kier alpha value is -1.59. The lowest BCUT2D eigenvalue weighted by Gasteiger charge is -2.24. The zero-order valence-corrected chi connectivity index (χ0v) is 14.9. The molecule has 1 aromatic heterocycles. The molecule has 3 rings (SSSR count). The number of halogens is 2. The molecule has 130 valence electrons. The van der Waals surface area contributed by atoms with Gasteiger partial charge in [-0.2, -0.15) is 5.10 Å². The molecule has 1 aliphatic rings. The fourth-order valence-electron chi connectivity index (χ4n) is 2.96. The summed E-state index contributed by atoms with van der Waals surface area (Å²) in [6.45, 7) is 0.445. The van der Waals surface area contributed by atoms with Crippen molar-refractivity contribution in [3.63, 3.8) is 0 Å². The second-order valence-corrected chi connectivity index (χ2v) is 6.37. The highest BCUT2D eigenvalue weighted by molar-refractivity contribution is 6.30. The van der Waals surface area contributed by atoms with Gasteiger partial charge < -0.3 is 4.74 Å². The van der Waals surface area contributed by atoms with Crippen LogP contribution in [0.2, 0.25) is 5.02 Å². The lowest BCUT2D eigenvalue weighted by Crippen LogP contribution is -2.24. The van der Waals surface area contributed by atoms with Crippen molar-refractivity contribution in [2.45, 2.75) is 44.8 Å². The summed E-state index contributed by atoms with van der Waals surface area (Å²) >= 11 is 5.95. The van der Waals surface area contributed by atoms with E-state index in [1.165, 1.54) is 12.7 Å². The monoisotopic (exact) mass is 369 g/mol. The highest BCUT2D eigenvalue weighted by Crippen LogP contribution is 2.28. The SMILES string of the molecule is Cl.O=C(OC(Cn1cncn1)c1ccc(Cl)cc1)C1CCCCC1. The van der Waals surface area contributed by atoms with Crippen molar-refractivity contribution in [1.82, 2.24) is 14.8 Å². The largest absolute Gasteiger partial charge is 0.455 e. The van der Waals surface area contributed by atoms with Gasteiger partial charge in [-0.25, -0.2) is 9.67 Å². The van der Waals surface area contributed by atoms with Crippen LogP contribution in [0.5, 0.6) is 0 Å². The number of hydrogen-bond acceptors (Lipinski definition) is 4. The summed E-state index contributed by atoms with van der Waals surface area (Å²) < 4.78 is 7.49. The van der Waals surface area contributed by atoms with Crippen LogP contribution in [0.15, 0.2) is 36.9 Å². The molecule has 1 saturated carbocycles. The zero-order chi connectivity index (χ0) is 16.1. The van der Waals surface area contributed by atoms with Gasteiger partial charge in [-0.1, -0.05) is 43.0 Å². The maximum atomic E-state index is 12.5. The molecule has 1 fully saturated rings. The van der Waals surface area contributed by atoms with E-state index in [0.717, 1.165) is 31.2 Å². The highest BCUT2D eigenvalue weighted by Gasteiger charge is 2.26. The van der Waals surface area contributed by atoms with E-state index in [1.807, 2.05) is 12.1 Å². The molecule has 0 N–H and O–H groups in total. The molecule has 1 aromatic carbocycles. The van der Waals surface area contributed by atoms with Crippen LogP contribution in [-0.4, -0.2) is 20.7 Å². The second kappa shape index (κ2) is 9.04. The van der Waals surface area contributed by atoms with Gasteiger partial charge in [-0.15, -0.1) is 12.4 Å². The van der Waals surface area contributed by atoms with Crippen molar-refractivity contribution >= 4 is 30.0 Å². The van der Waals surface area contributed by atoms with Crippen molar-refractivity contribution in [3.8, 4) is 0 Å². The Morgan fingerprint density at radius 3 is 2.58 bits per heavy atom. The summed E-state index contributed by atoms with van der Waals surface area (Å²) in [6.07, 6.45) is 7.99. The first kappa shape index (κ1) is 18.7. The van der Waals surface area contributed by atoms with Gasteiger partial charge in [0.2, 0.25) is 0 Å². The molecule has 24 heavy (non-hydrogen) atoms. The van der Waals surface area contributed by atoms with Gasteiger partial charge in [0, 0.05) is 5.02 Å². The number of rotatable bonds is 5. The van der Waals surface area contributed by atoms with Crippen LogP contribution in [0.25, 0.3) is 0 Å². The molecule has 0 aliphatic heterocycles. The molecule has 0 radical (unpaired) electrons. The van der Waals surface area contributed by atoms with Crippen LogP contribution in [0.3, 0.4) is 0 Å². The Kier molecular flexibility index (Phi) is 7.06.